The van der Waals surface area contributed by atoms with Crippen molar-refractivity contribution in [3.8, 4) is 0 Å². The molecule has 3 rings (SSSR count). The Hall–Kier alpha value is -2.04. The fraction of sp³-hybridized carbons (Fsp3) is 0.600. The molecule has 136 valence electrons. The second kappa shape index (κ2) is 8.37. The van der Waals surface area contributed by atoms with Crippen LogP contribution in [0.1, 0.15) is 44.1 Å². The molecule has 0 radical (unpaired) electrons. The molecule has 3 amide bonds. The zero-order valence-electron chi connectivity index (χ0n) is 14.8. The Bertz CT molecular complexity index is 582. The van der Waals surface area contributed by atoms with Crippen LogP contribution >= 0.6 is 0 Å². The number of piperidine rings is 1. The van der Waals surface area contributed by atoms with Gasteiger partial charge in [-0.2, -0.15) is 0 Å². The average Bonchev–Trinajstić information content (AvgIpc) is 3.02. The van der Waals surface area contributed by atoms with Crippen LogP contribution in [0.2, 0.25) is 0 Å². The normalized spacial score (nSPS) is 24.2. The summed E-state index contributed by atoms with van der Waals surface area (Å²) < 4.78 is 0. The average molecular weight is 343 g/mol. The van der Waals surface area contributed by atoms with E-state index in [0.29, 0.717) is 18.3 Å². The lowest BCUT2D eigenvalue weighted by Gasteiger charge is -2.33. The van der Waals surface area contributed by atoms with Crippen molar-refractivity contribution >= 4 is 11.9 Å². The molecule has 1 aromatic rings. The van der Waals surface area contributed by atoms with E-state index >= 15 is 0 Å². The Kier molecular flexibility index (Phi) is 5.95. The van der Waals surface area contributed by atoms with Crippen LogP contribution in [-0.2, 0) is 11.2 Å². The second-order valence-corrected chi connectivity index (χ2v) is 7.54. The third kappa shape index (κ3) is 4.97. The van der Waals surface area contributed by atoms with Gasteiger partial charge in [0.1, 0.15) is 0 Å². The molecule has 3 N–H and O–H groups in total. The minimum absolute atomic E-state index is 0.0579. The number of urea groups is 1. The molecule has 1 aromatic carbocycles. The highest BCUT2D eigenvalue weighted by Crippen LogP contribution is 2.29. The van der Waals surface area contributed by atoms with Crippen molar-refractivity contribution in [2.45, 2.75) is 51.0 Å². The van der Waals surface area contributed by atoms with Crippen LogP contribution in [0, 0.1) is 11.8 Å². The lowest BCUT2D eigenvalue weighted by Crippen LogP contribution is -2.49. The van der Waals surface area contributed by atoms with Gasteiger partial charge in [0.2, 0.25) is 5.91 Å². The van der Waals surface area contributed by atoms with Crippen LogP contribution in [0.3, 0.4) is 0 Å². The third-order valence-electron chi connectivity index (χ3n) is 5.70. The number of nitrogens with two attached hydrogens (primary N) is 1. The minimum Gasteiger partial charge on any atom is -0.370 e. The van der Waals surface area contributed by atoms with Crippen molar-refractivity contribution in [2.75, 3.05) is 13.1 Å². The summed E-state index contributed by atoms with van der Waals surface area (Å²) in [5, 5.41) is 3.27. The monoisotopic (exact) mass is 343 g/mol. The smallest absolute Gasteiger partial charge is 0.317 e. The molecule has 2 fully saturated rings. The summed E-state index contributed by atoms with van der Waals surface area (Å²) in [6.07, 6.45) is 6.65. The Labute approximate surface area is 150 Å². The molecule has 2 atom stereocenters. The van der Waals surface area contributed by atoms with Gasteiger partial charge in [-0.05, 0) is 49.5 Å². The molecule has 1 aliphatic carbocycles. The first-order valence-electron chi connectivity index (χ1n) is 9.49. The van der Waals surface area contributed by atoms with Gasteiger partial charge in [0.05, 0.1) is 0 Å². The predicted octanol–water partition coefficient (Wildman–Crippen LogP) is 2.69. The largest absolute Gasteiger partial charge is 0.370 e. The number of primary amides is 1. The van der Waals surface area contributed by atoms with E-state index in [9.17, 15) is 9.59 Å². The van der Waals surface area contributed by atoms with Gasteiger partial charge in [0, 0.05) is 25.6 Å². The minimum atomic E-state index is -0.238. The number of amides is 3. The fourth-order valence-corrected chi connectivity index (χ4v) is 4.26. The van der Waals surface area contributed by atoms with E-state index in [0.717, 1.165) is 38.8 Å². The van der Waals surface area contributed by atoms with Crippen molar-refractivity contribution in [1.29, 1.82) is 0 Å². The molecule has 0 bridgehead atoms. The van der Waals surface area contributed by atoms with E-state index in [1.165, 1.54) is 18.4 Å². The van der Waals surface area contributed by atoms with Crippen LogP contribution < -0.4 is 11.1 Å². The number of hydrogen-bond donors (Lipinski definition) is 2. The molecule has 5 nitrogen and oxygen atoms in total. The van der Waals surface area contributed by atoms with Gasteiger partial charge in [-0.25, -0.2) is 4.79 Å². The van der Waals surface area contributed by atoms with Crippen LogP contribution in [0.4, 0.5) is 4.79 Å². The number of likely N-dealkylation sites (tertiary alicyclic amines) is 1. The van der Waals surface area contributed by atoms with Crippen LogP contribution in [0.5, 0.6) is 0 Å². The maximum atomic E-state index is 12.6. The van der Waals surface area contributed by atoms with Crippen LogP contribution in [0.15, 0.2) is 30.3 Å². The highest BCUT2D eigenvalue weighted by molar-refractivity contribution is 5.75. The predicted molar refractivity (Wildman–Crippen MR) is 97.9 cm³/mol. The Morgan fingerprint density at radius 1 is 1.08 bits per heavy atom. The summed E-state index contributed by atoms with van der Waals surface area (Å²) in [4.78, 5) is 25.5. The number of carbonyl (C=O) groups is 2. The molecule has 2 aliphatic rings. The van der Waals surface area contributed by atoms with Crippen molar-refractivity contribution in [1.82, 2.24) is 10.2 Å². The summed E-state index contributed by atoms with van der Waals surface area (Å²) in [5.41, 5.74) is 6.62. The maximum Gasteiger partial charge on any atom is 0.317 e. The molecule has 1 heterocycles. The highest BCUT2D eigenvalue weighted by atomic mass is 16.2. The molecule has 1 saturated heterocycles. The van der Waals surface area contributed by atoms with Crippen molar-refractivity contribution in [3.63, 3.8) is 0 Å². The number of hydrogen-bond acceptors (Lipinski definition) is 2. The zero-order valence-corrected chi connectivity index (χ0v) is 14.8. The van der Waals surface area contributed by atoms with E-state index in [1.54, 1.807) is 0 Å². The number of rotatable bonds is 5. The number of benzene rings is 1. The SMILES string of the molecule is NC(=O)CC1CCN(C(=O)N[C@H]2CCC[C@@H]2Cc2ccccc2)CC1. The van der Waals surface area contributed by atoms with Crippen molar-refractivity contribution in [3.05, 3.63) is 35.9 Å². The zero-order chi connectivity index (χ0) is 17.6. The van der Waals surface area contributed by atoms with E-state index in [4.69, 9.17) is 5.73 Å². The van der Waals surface area contributed by atoms with Crippen LogP contribution in [-0.4, -0.2) is 36.0 Å². The summed E-state index contributed by atoms with van der Waals surface area (Å²) in [5.74, 6) is 0.621. The quantitative estimate of drug-likeness (QED) is 0.862. The molecule has 1 aliphatic heterocycles. The van der Waals surface area contributed by atoms with E-state index in [1.807, 2.05) is 11.0 Å². The number of nitrogens with one attached hydrogen (secondary N) is 1. The van der Waals surface area contributed by atoms with Gasteiger partial charge in [-0.15, -0.1) is 0 Å². The standard InChI is InChI=1S/C20H29N3O2/c21-19(24)14-16-9-11-23(12-10-16)20(25)22-18-8-4-7-17(18)13-15-5-2-1-3-6-15/h1-3,5-6,16-18H,4,7-14H2,(H2,21,24)(H,22,25)/t17-,18+/m1/s1. The van der Waals surface area contributed by atoms with Crippen molar-refractivity contribution in [2.24, 2.45) is 17.6 Å². The van der Waals surface area contributed by atoms with Gasteiger partial charge >= 0.3 is 6.03 Å². The summed E-state index contributed by atoms with van der Waals surface area (Å²) in [6.45, 7) is 1.44. The van der Waals surface area contributed by atoms with Gasteiger partial charge in [0.15, 0.2) is 0 Å². The molecule has 5 heteroatoms. The molecular formula is C20H29N3O2. The summed E-state index contributed by atoms with van der Waals surface area (Å²) in [6, 6.07) is 10.9. The highest BCUT2D eigenvalue weighted by Gasteiger charge is 2.31. The Balaban J connectivity index is 1.48. The van der Waals surface area contributed by atoms with Crippen molar-refractivity contribution < 1.29 is 9.59 Å². The van der Waals surface area contributed by atoms with Gasteiger partial charge in [0.25, 0.3) is 0 Å². The Morgan fingerprint density at radius 3 is 2.48 bits per heavy atom. The molecule has 25 heavy (non-hydrogen) atoms. The molecule has 0 aromatic heterocycles. The molecule has 0 spiro atoms. The lowest BCUT2D eigenvalue weighted by molar-refractivity contribution is -0.119. The molecule has 1 saturated carbocycles. The topological polar surface area (TPSA) is 75.4 Å². The first-order chi connectivity index (χ1) is 12.1. The lowest BCUT2D eigenvalue weighted by atomic mass is 9.93. The van der Waals surface area contributed by atoms with Crippen LogP contribution in [0.25, 0.3) is 0 Å². The number of carbonyl (C=O) groups excluding carboxylic acids is 2. The summed E-state index contributed by atoms with van der Waals surface area (Å²) >= 11 is 0. The first-order valence-corrected chi connectivity index (χ1v) is 9.49. The summed E-state index contributed by atoms with van der Waals surface area (Å²) in [7, 11) is 0. The fourth-order valence-electron chi connectivity index (χ4n) is 4.26. The second-order valence-electron chi connectivity index (χ2n) is 7.54. The molecular weight excluding hydrogens is 314 g/mol. The Morgan fingerprint density at radius 2 is 1.80 bits per heavy atom. The van der Waals surface area contributed by atoms with Gasteiger partial charge < -0.3 is 16.0 Å². The maximum absolute atomic E-state index is 12.6. The van der Waals surface area contributed by atoms with Gasteiger partial charge in [-0.1, -0.05) is 36.8 Å². The van der Waals surface area contributed by atoms with E-state index in [2.05, 4.69) is 29.6 Å². The molecule has 0 unspecified atom stereocenters. The van der Waals surface area contributed by atoms with E-state index < -0.39 is 0 Å². The number of nitrogens with zero attached hydrogens (tertiary/aromatic N) is 1. The van der Waals surface area contributed by atoms with Gasteiger partial charge in [-0.3, -0.25) is 4.79 Å². The first kappa shape index (κ1) is 17.8. The third-order valence-corrected chi connectivity index (χ3v) is 5.70. The van der Waals surface area contributed by atoms with E-state index in [-0.39, 0.29) is 18.0 Å².